The number of hydrogen-bond acceptors (Lipinski definition) is 7. The molecule has 4 rings (SSSR count). The number of nitro groups is 1. The van der Waals surface area contributed by atoms with Crippen molar-refractivity contribution in [2.45, 2.75) is 12.5 Å². The van der Waals surface area contributed by atoms with Gasteiger partial charge in [-0.1, -0.05) is 24.4 Å². The molecule has 202 valence electrons. The topological polar surface area (TPSA) is 114 Å². The SMILES string of the molecule is O=C1O[C@@H](CNC(=S)C(F)F)CN1c1cc(F)c(Nc2cc(-c3ccc([N+](=O)[O-])cc3)cccc2=O)c(F)c1. The number of nitrogens with one attached hydrogen (secondary N) is 2. The highest BCUT2D eigenvalue weighted by atomic mass is 32.1. The third-order valence-corrected chi connectivity index (χ3v) is 6.00. The van der Waals surface area contributed by atoms with Gasteiger partial charge in [0.05, 0.1) is 29.4 Å². The number of rotatable bonds is 8. The van der Waals surface area contributed by atoms with Crippen LogP contribution in [0.3, 0.4) is 0 Å². The molecule has 0 bridgehead atoms. The molecule has 1 aliphatic rings. The summed E-state index contributed by atoms with van der Waals surface area (Å²) in [6, 6.07) is 12.7. The van der Waals surface area contributed by atoms with Crippen LogP contribution in [0.1, 0.15) is 0 Å². The highest BCUT2D eigenvalue weighted by molar-refractivity contribution is 7.80. The number of carbonyl (C=O) groups excluding carboxylic acids is 1. The Bertz CT molecular complexity index is 1480. The van der Waals surface area contributed by atoms with Gasteiger partial charge in [-0.15, -0.1) is 0 Å². The van der Waals surface area contributed by atoms with Crippen molar-refractivity contribution >= 4 is 46.0 Å². The molecule has 0 unspecified atom stereocenters. The lowest BCUT2D eigenvalue weighted by Gasteiger charge is -2.16. The van der Waals surface area contributed by atoms with Crippen molar-refractivity contribution in [2.75, 3.05) is 23.3 Å². The molecule has 0 aromatic heterocycles. The minimum absolute atomic E-state index is 0.132. The van der Waals surface area contributed by atoms with Gasteiger partial charge in [0.2, 0.25) is 5.43 Å². The fourth-order valence-electron chi connectivity index (χ4n) is 3.76. The molecule has 1 fully saturated rings. The third-order valence-electron chi connectivity index (χ3n) is 5.67. The molecule has 1 amide bonds. The van der Waals surface area contributed by atoms with Gasteiger partial charge < -0.3 is 15.4 Å². The van der Waals surface area contributed by atoms with E-state index in [4.69, 9.17) is 4.74 Å². The summed E-state index contributed by atoms with van der Waals surface area (Å²) < 4.78 is 60.2. The molecular formula is C25H18F4N4O5S. The first-order valence-corrected chi connectivity index (χ1v) is 11.6. The first kappa shape index (κ1) is 27.4. The van der Waals surface area contributed by atoms with Crippen molar-refractivity contribution < 1.29 is 32.0 Å². The highest BCUT2D eigenvalue weighted by Crippen LogP contribution is 2.31. The van der Waals surface area contributed by atoms with E-state index in [1.807, 2.05) is 0 Å². The second-order valence-corrected chi connectivity index (χ2v) is 8.72. The van der Waals surface area contributed by atoms with E-state index in [0.29, 0.717) is 11.1 Å². The van der Waals surface area contributed by atoms with E-state index in [1.54, 1.807) is 6.07 Å². The minimum Gasteiger partial charge on any atom is -0.442 e. The summed E-state index contributed by atoms with van der Waals surface area (Å²) in [5, 5.41) is 15.6. The van der Waals surface area contributed by atoms with Gasteiger partial charge in [0, 0.05) is 24.3 Å². The summed E-state index contributed by atoms with van der Waals surface area (Å²) in [6.45, 7) is -0.397. The summed E-state index contributed by atoms with van der Waals surface area (Å²) >= 11 is 4.46. The van der Waals surface area contributed by atoms with Crippen molar-refractivity contribution in [3.63, 3.8) is 0 Å². The van der Waals surface area contributed by atoms with E-state index in [1.165, 1.54) is 42.5 Å². The Morgan fingerprint density at radius 2 is 1.74 bits per heavy atom. The Labute approximate surface area is 223 Å². The Morgan fingerprint density at radius 1 is 1.08 bits per heavy atom. The first-order valence-electron chi connectivity index (χ1n) is 11.2. The number of benzene rings is 2. The van der Waals surface area contributed by atoms with Crippen LogP contribution in [0, 0.1) is 21.7 Å². The third kappa shape index (κ3) is 6.29. The molecule has 3 aromatic carbocycles. The second kappa shape index (κ2) is 11.4. The average Bonchev–Trinajstić information content (AvgIpc) is 3.17. The summed E-state index contributed by atoms with van der Waals surface area (Å²) in [4.78, 5) is 35.3. The normalized spacial score (nSPS) is 14.7. The molecule has 1 aliphatic heterocycles. The van der Waals surface area contributed by atoms with Crippen LogP contribution in [0.2, 0.25) is 0 Å². The van der Waals surface area contributed by atoms with Crippen LogP contribution >= 0.6 is 12.2 Å². The molecule has 2 N–H and O–H groups in total. The van der Waals surface area contributed by atoms with E-state index in [-0.39, 0.29) is 30.2 Å². The average molecular weight is 563 g/mol. The number of nitro benzene ring substituents is 1. The summed E-state index contributed by atoms with van der Waals surface area (Å²) in [6.07, 6.45) is -4.72. The van der Waals surface area contributed by atoms with Gasteiger partial charge in [-0.2, -0.15) is 0 Å². The molecule has 3 aromatic rings. The number of alkyl halides is 2. The summed E-state index contributed by atoms with van der Waals surface area (Å²) in [7, 11) is 0. The van der Waals surface area contributed by atoms with Gasteiger partial charge in [-0.3, -0.25) is 19.8 Å². The van der Waals surface area contributed by atoms with E-state index < -0.39 is 51.3 Å². The lowest BCUT2D eigenvalue weighted by molar-refractivity contribution is -0.384. The Hall–Kier alpha value is -4.59. The van der Waals surface area contributed by atoms with Gasteiger partial charge in [0.1, 0.15) is 16.8 Å². The van der Waals surface area contributed by atoms with Crippen molar-refractivity contribution in [2.24, 2.45) is 0 Å². The fraction of sp³-hybridized carbons (Fsp3) is 0.160. The maximum atomic E-state index is 15.0. The van der Waals surface area contributed by atoms with Gasteiger partial charge in [-0.25, -0.2) is 22.4 Å². The van der Waals surface area contributed by atoms with Gasteiger partial charge >= 0.3 is 6.09 Å². The molecule has 1 saturated heterocycles. The van der Waals surface area contributed by atoms with Crippen molar-refractivity contribution in [1.29, 1.82) is 0 Å². The second-order valence-electron chi connectivity index (χ2n) is 8.28. The predicted octanol–water partition coefficient (Wildman–Crippen LogP) is 5.15. The van der Waals surface area contributed by atoms with Crippen LogP contribution in [-0.2, 0) is 4.74 Å². The van der Waals surface area contributed by atoms with Crippen LogP contribution in [0.15, 0.2) is 65.5 Å². The summed E-state index contributed by atoms with van der Waals surface area (Å²) in [5.41, 5.74) is -0.796. The standard InChI is InChI=1S/C25H18F4N4O5S/c26-18-9-16(32-12-17(38-25(32)35)11-30-24(39)23(28)29)10-19(27)22(18)31-20-8-14(2-1-3-21(20)34)13-4-6-15(7-5-13)33(36)37/h1-10,17,23H,11-12H2,(H,30,39)(H,31,34)/t17-/m0/s1. The predicted molar refractivity (Wildman–Crippen MR) is 139 cm³/mol. The number of ether oxygens (including phenoxy) is 1. The van der Waals surface area contributed by atoms with E-state index >= 15 is 8.78 Å². The van der Waals surface area contributed by atoms with Crippen LogP contribution < -0.4 is 21.0 Å². The zero-order valence-electron chi connectivity index (χ0n) is 19.7. The van der Waals surface area contributed by atoms with Crippen LogP contribution in [-0.4, -0.2) is 41.6 Å². The molecule has 0 spiro atoms. The molecule has 39 heavy (non-hydrogen) atoms. The van der Waals surface area contributed by atoms with E-state index in [9.17, 15) is 28.5 Å². The largest absolute Gasteiger partial charge is 0.442 e. The van der Waals surface area contributed by atoms with Gasteiger partial charge in [-0.05, 0) is 35.4 Å². The molecule has 14 heteroatoms. The number of anilines is 3. The number of hydrogen-bond donors (Lipinski definition) is 2. The number of carbonyl (C=O) groups is 1. The van der Waals surface area contributed by atoms with Crippen molar-refractivity contribution in [1.82, 2.24) is 5.32 Å². The Balaban J connectivity index is 1.56. The highest BCUT2D eigenvalue weighted by Gasteiger charge is 2.33. The number of amides is 1. The molecule has 0 saturated carbocycles. The minimum atomic E-state index is -2.89. The van der Waals surface area contributed by atoms with Gasteiger partial charge in [0.15, 0.2) is 11.6 Å². The molecule has 1 heterocycles. The van der Waals surface area contributed by atoms with Crippen LogP contribution in [0.5, 0.6) is 0 Å². The molecule has 9 nitrogen and oxygen atoms in total. The van der Waals surface area contributed by atoms with Gasteiger partial charge in [0.25, 0.3) is 12.1 Å². The number of cyclic esters (lactones) is 1. The molecule has 1 atom stereocenters. The maximum absolute atomic E-state index is 15.0. The number of nitrogens with zero attached hydrogens (tertiary/aromatic N) is 2. The van der Waals surface area contributed by atoms with E-state index in [0.717, 1.165) is 17.0 Å². The smallest absolute Gasteiger partial charge is 0.414 e. The van der Waals surface area contributed by atoms with Crippen LogP contribution in [0.4, 0.5) is 45.1 Å². The van der Waals surface area contributed by atoms with E-state index in [2.05, 4.69) is 22.9 Å². The Morgan fingerprint density at radius 3 is 2.36 bits per heavy atom. The van der Waals surface area contributed by atoms with Crippen molar-refractivity contribution in [3.05, 3.63) is 92.6 Å². The number of halogens is 4. The number of non-ortho nitro benzene ring substituents is 1. The van der Waals surface area contributed by atoms with Crippen LogP contribution in [0.25, 0.3) is 11.1 Å². The number of thiocarbonyl (C=S) groups is 1. The molecule has 0 radical (unpaired) electrons. The fourth-order valence-corrected chi connectivity index (χ4v) is 3.84. The monoisotopic (exact) mass is 562 g/mol. The zero-order valence-corrected chi connectivity index (χ0v) is 20.5. The zero-order chi connectivity index (χ0) is 28.3. The molecule has 0 aliphatic carbocycles. The lowest BCUT2D eigenvalue weighted by Crippen LogP contribution is -2.36. The first-order chi connectivity index (χ1) is 18.5. The maximum Gasteiger partial charge on any atom is 0.414 e. The Kier molecular flexibility index (Phi) is 8.04. The van der Waals surface area contributed by atoms with Crippen molar-refractivity contribution in [3.8, 4) is 11.1 Å². The molecular weight excluding hydrogens is 544 g/mol. The lowest BCUT2D eigenvalue weighted by atomic mass is 10.1. The quantitative estimate of drug-likeness (QED) is 0.168. The summed E-state index contributed by atoms with van der Waals surface area (Å²) in [5.74, 6) is -2.25.